The van der Waals surface area contributed by atoms with E-state index in [1.165, 1.54) is 103 Å². The largest absolute Gasteiger partial charge is 0.756 e. The van der Waals surface area contributed by atoms with Crippen LogP contribution in [-0.4, -0.2) is 68.5 Å². The van der Waals surface area contributed by atoms with Crippen LogP contribution in [0.2, 0.25) is 0 Å². The Hall–Kier alpha value is -2.58. The van der Waals surface area contributed by atoms with Crippen LogP contribution >= 0.6 is 7.82 Å². The molecule has 70 heavy (non-hydrogen) atoms. The van der Waals surface area contributed by atoms with Gasteiger partial charge < -0.3 is 28.8 Å². The number of likely N-dealkylation sites (N-methyl/N-ethyl adjacent to an activating group) is 1. The predicted octanol–water partition coefficient (Wildman–Crippen LogP) is 16.8. The number of rotatable bonds is 51. The molecule has 0 aliphatic carbocycles. The minimum absolute atomic E-state index is 0.00422. The van der Waals surface area contributed by atoms with E-state index in [1.807, 2.05) is 21.1 Å². The quantitative estimate of drug-likeness (QED) is 0.0272. The summed E-state index contributed by atoms with van der Waals surface area (Å²) in [5, 5.41) is 14.0. The molecule has 0 aliphatic heterocycles. The van der Waals surface area contributed by atoms with Gasteiger partial charge in [0.1, 0.15) is 13.2 Å². The number of allylic oxidation sites excluding steroid dienone is 16. The first-order valence-electron chi connectivity index (χ1n) is 28.6. The van der Waals surface area contributed by atoms with Crippen LogP contribution in [0.4, 0.5) is 0 Å². The van der Waals surface area contributed by atoms with Gasteiger partial charge in [-0.3, -0.25) is 9.36 Å². The lowest BCUT2D eigenvalue weighted by molar-refractivity contribution is -0.870. The zero-order chi connectivity index (χ0) is 51.3. The highest BCUT2D eigenvalue weighted by Gasteiger charge is 2.24. The lowest BCUT2D eigenvalue weighted by Crippen LogP contribution is -2.46. The number of unbranched alkanes of at least 4 members (excludes halogenated alkanes) is 22. The van der Waals surface area contributed by atoms with Crippen molar-refractivity contribution < 1.29 is 32.9 Å². The van der Waals surface area contributed by atoms with Crippen molar-refractivity contribution >= 4 is 13.7 Å². The van der Waals surface area contributed by atoms with E-state index in [1.54, 1.807) is 0 Å². The van der Waals surface area contributed by atoms with Crippen molar-refractivity contribution in [1.82, 2.24) is 5.32 Å². The van der Waals surface area contributed by atoms with Gasteiger partial charge in [-0.25, -0.2) is 0 Å². The van der Waals surface area contributed by atoms with Crippen LogP contribution in [0.3, 0.4) is 0 Å². The summed E-state index contributed by atoms with van der Waals surface area (Å²) < 4.78 is 23.4. The molecule has 0 aromatic heterocycles. The molecule has 2 N–H and O–H groups in total. The molecule has 0 saturated heterocycles. The molecule has 0 fully saturated rings. The van der Waals surface area contributed by atoms with Crippen molar-refractivity contribution in [2.45, 2.75) is 244 Å². The monoisotopic (exact) mass is 997 g/mol. The molecule has 8 nitrogen and oxygen atoms in total. The maximum Gasteiger partial charge on any atom is 0.268 e. The number of nitrogens with one attached hydrogen (secondary N) is 1. The SMILES string of the molecule is CC/C=C\C/C=C\C/C=C\C/C=C\C/C=C\C/C=C\C/C=C\C/C=C\CCCCCCCCC(=O)NC(COP(=O)([O-])OCC[N+](C)(C)C)C(O)CCCCCCCCCCCCCCCCCCC. The van der Waals surface area contributed by atoms with E-state index in [-0.39, 0.29) is 19.1 Å². The van der Waals surface area contributed by atoms with E-state index in [0.717, 1.165) is 103 Å². The molecule has 0 aromatic carbocycles. The fourth-order valence-electron chi connectivity index (χ4n) is 7.88. The summed E-state index contributed by atoms with van der Waals surface area (Å²) in [6.07, 6.45) is 72.8. The average Bonchev–Trinajstić information content (AvgIpc) is 3.32. The van der Waals surface area contributed by atoms with Gasteiger partial charge >= 0.3 is 0 Å². The van der Waals surface area contributed by atoms with Crippen LogP contribution in [0.1, 0.15) is 232 Å². The second-order valence-electron chi connectivity index (χ2n) is 20.3. The zero-order valence-corrected chi connectivity index (χ0v) is 46.8. The number of carbonyl (C=O) groups is 1. The van der Waals surface area contributed by atoms with Gasteiger partial charge in [0.05, 0.1) is 39.9 Å². The Balaban J connectivity index is 4.23. The molecular formula is C61H109N2O6P. The van der Waals surface area contributed by atoms with E-state index >= 15 is 0 Å². The van der Waals surface area contributed by atoms with Gasteiger partial charge in [0.2, 0.25) is 5.91 Å². The van der Waals surface area contributed by atoms with Gasteiger partial charge in [0.25, 0.3) is 7.82 Å². The summed E-state index contributed by atoms with van der Waals surface area (Å²) >= 11 is 0. The highest BCUT2D eigenvalue weighted by Crippen LogP contribution is 2.38. The van der Waals surface area contributed by atoms with E-state index < -0.39 is 20.0 Å². The lowest BCUT2D eigenvalue weighted by Gasteiger charge is -2.30. The molecule has 0 heterocycles. The first-order chi connectivity index (χ1) is 34.0. The van der Waals surface area contributed by atoms with E-state index in [4.69, 9.17) is 9.05 Å². The molecule has 404 valence electrons. The summed E-state index contributed by atoms with van der Waals surface area (Å²) in [4.78, 5) is 25.5. The third kappa shape index (κ3) is 53.2. The molecule has 0 aliphatic rings. The molecule has 0 radical (unpaired) electrons. The molecule has 0 spiro atoms. The van der Waals surface area contributed by atoms with Crippen molar-refractivity contribution in [3.05, 3.63) is 97.2 Å². The number of nitrogens with zero attached hydrogens (tertiary/aromatic N) is 1. The zero-order valence-electron chi connectivity index (χ0n) is 45.9. The van der Waals surface area contributed by atoms with Crippen LogP contribution in [-0.2, 0) is 18.4 Å². The number of carbonyl (C=O) groups excluding carboxylic acids is 1. The molecule has 0 bridgehead atoms. The number of hydrogen-bond donors (Lipinski definition) is 2. The highest BCUT2D eigenvalue weighted by atomic mass is 31.2. The molecule has 0 aromatic rings. The number of amides is 1. The van der Waals surface area contributed by atoms with Crippen molar-refractivity contribution in [1.29, 1.82) is 0 Å². The molecular weight excluding hydrogens is 888 g/mol. The second kappa shape index (κ2) is 51.3. The van der Waals surface area contributed by atoms with Crippen molar-refractivity contribution in [2.24, 2.45) is 0 Å². The van der Waals surface area contributed by atoms with E-state index in [0.29, 0.717) is 23.9 Å². The number of quaternary nitrogens is 1. The van der Waals surface area contributed by atoms with Crippen LogP contribution in [0.25, 0.3) is 0 Å². The van der Waals surface area contributed by atoms with Gasteiger partial charge in [-0.2, -0.15) is 0 Å². The standard InChI is InChI=1S/C61H109N2O6P/c1-6-8-10-12-14-16-18-20-22-24-25-26-27-28-29-30-31-32-33-34-35-36-37-39-41-43-45-47-49-51-53-55-61(65)62-59(58-69-70(66,67)68-57-56-63(3,4)5)60(64)54-52-50-48-46-44-42-40-38-23-21-19-17-15-13-11-9-7-2/h8,10,14,16,20,22,25-26,28-29,31-32,34-35,37,39,59-60,64H,6-7,9,11-13,15,17-19,21,23-24,27,30,33,36,38,40-58H2,1-5H3,(H-,62,65,66,67)/b10-8-,16-14-,22-20-,26-25-,29-28-,32-31-,35-34-,39-37-. The summed E-state index contributed by atoms with van der Waals surface area (Å²) in [6, 6.07) is -0.816. The van der Waals surface area contributed by atoms with E-state index in [2.05, 4.69) is 116 Å². The number of aliphatic hydroxyl groups excluding tert-OH is 1. The topological polar surface area (TPSA) is 108 Å². The number of phosphoric acid groups is 1. The van der Waals surface area contributed by atoms with Crippen molar-refractivity contribution in [3.63, 3.8) is 0 Å². The van der Waals surface area contributed by atoms with Gasteiger partial charge in [-0.05, 0) is 77.0 Å². The van der Waals surface area contributed by atoms with Gasteiger partial charge in [-0.1, -0.05) is 246 Å². The molecule has 3 atom stereocenters. The minimum atomic E-state index is -4.58. The Labute approximate surface area is 432 Å². The maximum absolute atomic E-state index is 13.0. The molecule has 9 heteroatoms. The number of aliphatic hydroxyl groups is 1. The highest BCUT2D eigenvalue weighted by molar-refractivity contribution is 7.45. The maximum atomic E-state index is 13.0. The molecule has 3 unspecified atom stereocenters. The minimum Gasteiger partial charge on any atom is -0.756 e. The first kappa shape index (κ1) is 67.4. The fraction of sp³-hybridized carbons (Fsp3) is 0.721. The fourth-order valence-corrected chi connectivity index (χ4v) is 8.60. The average molecular weight is 998 g/mol. The molecule has 0 saturated carbocycles. The summed E-state index contributed by atoms with van der Waals surface area (Å²) in [7, 11) is 1.28. The summed E-state index contributed by atoms with van der Waals surface area (Å²) in [5.74, 6) is -0.182. The van der Waals surface area contributed by atoms with Crippen LogP contribution in [0, 0.1) is 0 Å². The second-order valence-corrected chi connectivity index (χ2v) is 21.7. The third-order valence-electron chi connectivity index (χ3n) is 12.3. The van der Waals surface area contributed by atoms with E-state index in [9.17, 15) is 19.4 Å². The van der Waals surface area contributed by atoms with Crippen molar-refractivity contribution in [2.75, 3.05) is 40.9 Å². The molecule has 1 amide bonds. The Bertz CT molecular complexity index is 1460. The van der Waals surface area contributed by atoms with Gasteiger partial charge in [0.15, 0.2) is 0 Å². The summed E-state index contributed by atoms with van der Waals surface area (Å²) in [6.45, 7) is 4.60. The first-order valence-corrected chi connectivity index (χ1v) is 30.0. The van der Waals surface area contributed by atoms with Gasteiger partial charge in [0, 0.05) is 6.42 Å². The Kier molecular flexibility index (Phi) is 49.4. The summed E-state index contributed by atoms with van der Waals surface area (Å²) in [5.41, 5.74) is 0. The van der Waals surface area contributed by atoms with Crippen LogP contribution in [0.15, 0.2) is 97.2 Å². The smallest absolute Gasteiger partial charge is 0.268 e. The Morgan fingerprint density at radius 3 is 1.27 bits per heavy atom. The van der Waals surface area contributed by atoms with Crippen molar-refractivity contribution in [3.8, 4) is 0 Å². The molecule has 0 rings (SSSR count). The lowest BCUT2D eigenvalue weighted by atomic mass is 10.0. The normalized spacial score (nSPS) is 14.7. The predicted molar refractivity (Wildman–Crippen MR) is 302 cm³/mol. The van der Waals surface area contributed by atoms with Gasteiger partial charge in [-0.15, -0.1) is 0 Å². The Morgan fingerprint density at radius 2 is 0.871 bits per heavy atom. The number of phosphoric ester groups is 1. The Morgan fingerprint density at radius 1 is 0.514 bits per heavy atom. The van der Waals surface area contributed by atoms with Crippen LogP contribution in [0.5, 0.6) is 0 Å². The van der Waals surface area contributed by atoms with Crippen LogP contribution < -0.4 is 10.2 Å². The number of hydrogen-bond acceptors (Lipinski definition) is 6. The third-order valence-corrected chi connectivity index (χ3v) is 13.3.